The van der Waals surface area contributed by atoms with Gasteiger partial charge in [-0.25, -0.2) is 0 Å². The Hall–Kier alpha value is -4.46. The van der Waals surface area contributed by atoms with Crippen molar-refractivity contribution in [3.63, 3.8) is 0 Å². The van der Waals surface area contributed by atoms with E-state index in [0.717, 1.165) is 11.3 Å². The summed E-state index contributed by atoms with van der Waals surface area (Å²) in [5, 5.41) is 6.38. The number of rotatable bonds is 7. The molecule has 202 valence electrons. The number of hydrogen-bond acceptors (Lipinski definition) is 7. The van der Waals surface area contributed by atoms with Gasteiger partial charge in [-0.05, 0) is 80.3 Å². The van der Waals surface area contributed by atoms with E-state index in [2.05, 4.69) is 10.6 Å². The highest BCUT2D eigenvalue weighted by atomic mass is 16.5. The van der Waals surface area contributed by atoms with Crippen LogP contribution in [0.15, 0.2) is 81.6 Å². The Morgan fingerprint density at radius 1 is 0.923 bits per heavy atom. The molecule has 3 aromatic rings. The first kappa shape index (κ1) is 26.2. The van der Waals surface area contributed by atoms with Gasteiger partial charge >= 0.3 is 0 Å². The predicted octanol–water partition coefficient (Wildman–Crippen LogP) is 5.61. The maximum absolute atomic E-state index is 13.8. The third-order valence-electron chi connectivity index (χ3n) is 7.34. The van der Waals surface area contributed by atoms with Crippen LogP contribution in [0.4, 0.5) is 5.69 Å². The van der Waals surface area contributed by atoms with Gasteiger partial charge in [0.1, 0.15) is 17.3 Å². The molecule has 1 aromatic heterocycles. The van der Waals surface area contributed by atoms with Crippen LogP contribution < -0.4 is 24.8 Å². The summed E-state index contributed by atoms with van der Waals surface area (Å²) < 4.78 is 22.1. The monoisotopic (exact) mass is 528 g/mol. The molecule has 8 heteroatoms. The van der Waals surface area contributed by atoms with Gasteiger partial charge in [-0.2, -0.15) is 0 Å². The van der Waals surface area contributed by atoms with E-state index in [1.807, 2.05) is 44.2 Å². The molecule has 39 heavy (non-hydrogen) atoms. The Bertz CT molecular complexity index is 1480. The van der Waals surface area contributed by atoms with Crippen LogP contribution >= 0.6 is 0 Å². The maximum atomic E-state index is 13.8. The average Bonchev–Trinajstić information content (AvgIpc) is 3.37. The molecular formula is C31H32N2O6. The molecule has 0 saturated carbocycles. The van der Waals surface area contributed by atoms with Gasteiger partial charge in [0, 0.05) is 29.1 Å². The van der Waals surface area contributed by atoms with Crippen molar-refractivity contribution in [3.05, 3.63) is 94.2 Å². The fraction of sp³-hybridized carbons (Fsp3) is 0.290. The average molecular weight is 529 g/mol. The minimum Gasteiger partial charge on any atom is -0.497 e. The summed E-state index contributed by atoms with van der Waals surface area (Å²) >= 11 is 0. The number of methoxy groups -OCH3 is 3. The van der Waals surface area contributed by atoms with Crippen LogP contribution in [-0.2, 0) is 9.59 Å². The molecule has 1 aliphatic heterocycles. The number of allylic oxidation sites excluding steroid dienone is 3. The van der Waals surface area contributed by atoms with Gasteiger partial charge < -0.3 is 29.3 Å². The zero-order valence-electron chi connectivity index (χ0n) is 22.7. The van der Waals surface area contributed by atoms with Crippen LogP contribution in [0.25, 0.3) is 0 Å². The summed E-state index contributed by atoms with van der Waals surface area (Å²) in [6.45, 7) is 3.71. The number of Topliss-reactive ketones (excluding diaryl/α,β-unsaturated/α-hetero) is 1. The highest BCUT2D eigenvalue weighted by Gasteiger charge is 2.42. The van der Waals surface area contributed by atoms with E-state index in [1.165, 1.54) is 0 Å². The van der Waals surface area contributed by atoms with Crippen molar-refractivity contribution in [1.82, 2.24) is 5.32 Å². The minimum atomic E-state index is -0.618. The molecule has 2 N–H and O–H groups in total. The second kappa shape index (κ2) is 10.7. The number of ketones is 1. The zero-order valence-corrected chi connectivity index (χ0v) is 22.7. The Kier molecular flexibility index (Phi) is 7.19. The zero-order chi connectivity index (χ0) is 27.7. The lowest BCUT2D eigenvalue weighted by atomic mass is 9.73. The number of amides is 1. The van der Waals surface area contributed by atoms with Gasteiger partial charge in [-0.1, -0.05) is 6.07 Å². The van der Waals surface area contributed by atoms with Gasteiger partial charge in [0.25, 0.3) is 5.91 Å². The topological polar surface area (TPSA) is 99.0 Å². The van der Waals surface area contributed by atoms with Crippen molar-refractivity contribution in [3.8, 4) is 17.2 Å². The molecule has 0 spiro atoms. The van der Waals surface area contributed by atoms with Crippen LogP contribution in [-0.4, -0.2) is 33.0 Å². The first-order valence-electron chi connectivity index (χ1n) is 12.8. The molecule has 0 radical (unpaired) electrons. The van der Waals surface area contributed by atoms with Crippen LogP contribution in [0.2, 0.25) is 0 Å². The van der Waals surface area contributed by atoms with Gasteiger partial charge in [0.15, 0.2) is 17.3 Å². The fourth-order valence-electron chi connectivity index (χ4n) is 5.45. The number of ether oxygens (including phenoxy) is 3. The van der Waals surface area contributed by atoms with Crippen molar-refractivity contribution >= 4 is 17.4 Å². The molecule has 2 atom stereocenters. The molecule has 8 nitrogen and oxygen atoms in total. The van der Waals surface area contributed by atoms with E-state index in [1.54, 1.807) is 45.6 Å². The maximum Gasteiger partial charge on any atom is 0.254 e. The van der Waals surface area contributed by atoms with E-state index < -0.39 is 5.92 Å². The highest BCUT2D eigenvalue weighted by Crippen LogP contribution is 2.46. The summed E-state index contributed by atoms with van der Waals surface area (Å²) in [6.07, 6.45) is 0.913. The summed E-state index contributed by atoms with van der Waals surface area (Å²) in [5.41, 5.74) is 4.13. The summed E-state index contributed by atoms with van der Waals surface area (Å²) in [7, 11) is 4.78. The number of carbonyl (C=O) groups excluding carboxylic acids is 2. The quantitative estimate of drug-likeness (QED) is 0.411. The molecule has 0 fully saturated rings. The standard InChI is InChI=1S/C31H32N2O6/c1-17-6-12-26(39-17)30-28(31(35)33-21-8-10-22(36-3)11-9-21)18(2)32-23-14-20(15-24(34)29(23)30)19-7-13-25(37-4)27(16-19)38-5/h6-13,16,20,30,32H,14-15H2,1-5H3,(H,33,35)/t20-,30+/m0/s1. The van der Waals surface area contributed by atoms with E-state index in [9.17, 15) is 9.59 Å². The number of anilines is 1. The third kappa shape index (κ3) is 5.02. The third-order valence-corrected chi connectivity index (χ3v) is 7.34. The number of dihydropyridines is 1. The number of carbonyl (C=O) groups is 2. The first-order chi connectivity index (χ1) is 18.8. The normalized spacial score (nSPS) is 18.8. The predicted molar refractivity (Wildman–Crippen MR) is 147 cm³/mol. The molecule has 2 aliphatic rings. The van der Waals surface area contributed by atoms with Crippen LogP contribution in [0.3, 0.4) is 0 Å². The van der Waals surface area contributed by atoms with Gasteiger partial charge in [0.05, 0.1) is 32.8 Å². The van der Waals surface area contributed by atoms with E-state index in [4.69, 9.17) is 18.6 Å². The summed E-state index contributed by atoms with van der Waals surface area (Å²) in [4.78, 5) is 27.5. The second-order valence-corrected chi connectivity index (χ2v) is 9.76. The van der Waals surface area contributed by atoms with Crippen molar-refractivity contribution in [1.29, 1.82) is 0 Å². The van der Waals surface area contributed by atoms with Crippen molar-refractivity contribution < 1.29 is 28.2 Å². The molecular weight excluding hydrogens is 496 g/mol. The molecule has 2 aromatic carbocycles. The number of nitrogens with one attached hydrogen (secondary N) is 2. The number of furan rings is 1. The summed E-state index contributed by atoms with van der Waals surface area (Å²) in [6, 6.07) is 16.6. The molecule has 0 bridgehead atoms. The SMILES string of the molecule is COc1ccc(NC(=O)C2=C(C)NC3=C(C(=O)C[C@@H](c4ccc(OC)c(OC)c4)C3)[C@@H]2c2ccc(C)o2)cc1. The largest absolute Gasteiger partial charge is 0.497 e. The van der Waals surface area contributed by atoms with Gasteiger partial charge in [0.2, 0.25) is 0 Å². The molecule has 2 heterocycles. The fourth-order valence-corrected chi connectivity index (χ4v) is 5.45. The van der Waals surface area contributed by atoms with Crippen molar-refractivity contribution in [2.75, 3.05) is 26.6 Å². The molecule has 0 unspecified atom stereocenters. The van der Waals surface area contributed by atoms with E-state index in [-0.39, 0.29) is 17.6 Å². The van der Waals surface area contributed by atoms with Crippen molar-refractivity contribution in [2.24, 2.45) is 0 Å². The number of hydrogen-bond donors (Lipinski definition) is 2. The van der Waals surface area contributed by atoms with Gasteiger partial charge in [-0.3, -0.25) is 9.59 Å². The molecule has 1 aliphatic carbocycles. The lowest BCUT2D eigenvalue weighted by Gasteiger charge is -2.36. The Morgan fingerprint density at radius 3 is 2.31 bits per heavy atom. The Morgan fingerprint density at radius 2 is 1.67 bits per heavy atom. The highest BCUT2D eigenvalue weighted by molar-refractivity contribution is 6.09. The number of benzene rings is 2. The summed E-state index contributed by atoms with van der Waals surface area (Å²) in [5.74, 6) is 2.24. The Balaban J connectivity index is 1.50. The van der Waals surface area contributed by atoms with E-state index in [0.29, 0.717) is 64.1 Å². The minimum absolute atomic E-state index is 0.0233. The van der Waals surface area contributed by atoms with Crippen LogP contribution in [0, 0.1) is 6.92 Å². The second-order valence-electron chi connectivity index (χ2n) is 9.76. The lowest BCUT2D eigenvalue weighted by molar-refractivity contribution is -0.116. The lowest BCUT2D eigenvalue weighted by Crippen LogP contribution is -2.37. The smallest absolute Gasteiger partial charge is 0.254 e. The van der Waals surface area contributed by atoms with Gasteiger partial charge in [-0.15, -0.1) is 0 Å². The van der Waals surface area contributed by atoms with Crippen LogP contribution in [0.1, 0.15) is 48.7 Å². The van der Waals surface area contributed by atoms with Crippen molar-refractivity contribution in [2.45, 2.75) is 38.5 Å². The van der Waals surface area contributed by atoms with E-state index >= 15 is 0 Å². The Labute approximate surface area is 227 Å². The molecule has 0 saturated heterocycles. The first-order valence-corrected chi connectivity index (χ1v) is 12.8. The van der Waals surface area contributed by atoms with Crippen LogP contribution in [0.5, 0.6) is 17.2 Å². The molecule has 1 amide bonds. The molecule has 5 rings (SSSR count). The number of aryl methyl sites for hydroxylation is 1.